The molecule has 2 rings (SSSR count). The van der Waals surface area contributed by atoms with Crippen molar-refractivity contribution >= 4 is 38.9 Å². The van der Waals surface area contributed by atoms with E-state index in [1.807, 2.05) is 6.92 Å². The summed E-state index contributed by atoms with van der Waals surface area (Å²) in [5.74, 6) is 0.387. The smallest absolute Gasteiger partial charge is 0.237 e. The summed E-state index contributed by atoms with van der Waals surface area (Å²) in [6.45, 7) is 2.43. The predicted octanol–water partition coefficient (Wildman–Crippen LogP) is 4.33. The molecule has 7 heteroatoms. The lowest BCUT2D eigenvalue weighted by Crippen LogP contribution is -2.15. The van der Waals surface area contributed by atoms with Crippen LogP contribution in [0.1, 0.15) is 12.5 Å². The first-order valence-corrected chi connectivity index (χ1v) is 8.98. The van der Waals surface area contributed by atoms with E-state index in [0.717, 1.165) is 0 Å². The molecule has 2 aromatic carbocycles. The van der Waals surface area contributed by atoms with Crippen molar-refractivity contribution in [2.75, 3.05) is 11.3 Å². The Morgan fingerprint density at radius 1 is 1.05 bits per heavy atom. The zero-order valence-corrected chi connectivity index (χ0v) is 14.2. The van der Waals surface area contributed by atoms with Gasteiger partial charge in [-0.15, -0.1) is 0 Å². The SMILES string of the molecule is CCOc1ccc(NS(=O)(=O)Cc2c(Cl)cccc2Cl)cc1. The van der Waals surface area contributed by atoms with Gasteiger partial charge in [0.25, 0.3) is 0 Å². The molecule has 0 bridgehead atoms. The molecular weight excluding hydrogens is 345 g/mol. The average molecular weight is 360 g/mol. The number of halogens is 2. The van der Waals surface area contributed by atoms with Crippen molar-refractivity contribution in [3.05, 3.63) is 58.1 Å². The first kappa shape index (κ1) is 16.9. The summed E-state index contributed by atoms with van der Waals surface area (Å²) in [7, 11) is -3.62. The van der Waals surface area contributed by atoms with Gasteiger partial charge in [-0.25, -0.2) is 8.42 Å². The lowest BCUT2D eigenvalue weighted by molar-refractivity contribution is 0.340. The van der Waals surface area contributed by atoms with Gasteiger partial charge in [-0.1, -0.05) is 29.3 Å². The molecule has 0 aliphatic carbocycles. The molecule has 0 atom stereocenters. The average Bonchev–Trinajstić information content (AvgIpc) is 2.45. The fraction of sp³-hybridized carbons (Fsp3) is 0.200. The Hall–Kier alpha value is -1.43. The van der Waals surface area contributed by atoms with Crippen LogP contribution in [0.4, 0.5) is 5.69 Å². The van der Waals surface area contributed by atoms with Crippen LogP contribution in [0.25, 0.3) is 0 Å². The molecule has 0 radical (unpaired) electrons. The second-order valence-electron chi connectivity index (χ2n) is 4.52. The zero-order valence-electron chi connectivity index (χ0n) is 11.8. The maximum atomic E-state index is 12.2. The Balaban J connectivity index is 2.14. The van der Waals surface area contributed by atoms with Gasteiger partial charge in [0, 0.05) is 21.3 Å². The Labute approximate surface area is 140 Å². The van der Waals surface area contributed by atoms with Crippen LogP contribution in [-0.2, 0) is 15.8 Å². The van der Waals surface area contributed by atoms with Gasteiger partial charge in [0.15, 0.2) is 0 Å². The Morgan fingerprint density at radius 2 is 1.64 bits per heavy atom. The highest BCUT2D eigenvalue weighted by Crippen LogP contribution is 2.27. The normalized spacial score (nSPS) is 11.2. The van der Waals surface area contributed by atoms with Crippen molar-refractivity contribution in [2.45, 2.75) is 12.7 Å². The van der Waals surface area contributed by atoms with Crippen LogP contribution in [0.3, 0.4) is 0 Å². The van der Waals surface area contributed by atoms with E-state index >= 15 is 0 Å². The number of hydrogen-bond acceptors (Lipinski definition) is 3. The van der Waals surface area contributed by atoms with E-state index in [-0.39, 0.29) is 5.75 Å². The maximum Gasteiger partial charge on any atom is 0.237 e. The summed E-state index contributed by atoms with van der Waals surface area (Å²) in [5.41, 5.74) is 0.830. The van der Waals surface area contributed by atoms with Crippen molar-refractivity contribution in [3.8, 4) is 5.75 Å². The molecule has 0 saturated heterocycles. The summed E-state index contributed by atoms with van der Waals surface area (Å²) < 4.78 is 32.2. The van der Waals surface area contributed by atoms with Crippen LogP contribution in [-0.4, -0.2) is 15.0 Å². The highest BCUT2D eigenvalue weighted by molar-refractivity contribution is 7.91. The topological polar surface area (TPSA) is 55.4 Å². The number of hydrogen-bond donors (Lipinski definition) is 1. The molecule has 0 aliphatic rings. The fourth-order valence-corrected chi connectivity index (χ4v) is 3.81. The molecule has 4 nitrogen and oxygen atoms in total. The Bertz CT molecular complexity index is 726. The highest BCUT2D eigenvalue weighted by atomic mass is 35.5. The summed E-state index contributed by atoms with van der Waals surface area (Å²) in [4.78, 5) is 0. The number of nitrogens with one attached hydrogen (secondary N) is 1. The lowest BCUT2D eigenvalue weighted by Gasteiger charge is -2.11. The van der Waals surface area contributed by atoms with Gasteiger partial charge in [-0.2, -0.15) is 0 Å². The van der Waals surface area contributed by atoms with Gasteiger partial charge in [0.1, 0.15) is 5.75 Å². The second kappa shape index (κ2) is 7.22. The molecule has 0 heterocycles. The van der Waals surface area contributed by atoms with Crippen LogP contribution in [0.2, 0.25) is 10.0 Å². The largest absolute Gasteiger partial charge is 0.494 e. The van der Waals surface area contributed by atoms with E-state index in [1.165, 1.54) is 0 Å². The van der Waals surface area contributed by atoms with Gasteiger partial charge in [0.05, 0.1) is 12.4 Å². The van der Waals surface area contributed by atoms with Crippen LogP contribution in [0.15, 0.2) is 42.5 Å². The van der Waals surface area contributed by atoms with Crippen LogP contribution < -0.4 is 9.46 Å². The fourth-order valence-electron chi connectivity index (χ4n) is 1.86. The highest BCUT2D eigenvalue weighted by Gasteiger charge is 2.16. The lowest BCUT2D eigenvalue weighted by atomic mass is 10.2. The van der Waals surface area contributed by atoms with E-state index in [4.69, 9.17) is 27.9 Å². The standard InChI is InChI=1S/C15H15Cl2NO3S/c1-2-21-12-8-6-11(7-9-12)18-22(19,20)10-13-14(16)4-3-5-15(13)17/h3-9,18H,2,10H2,1H3. The third-order valence-electron chi connectivity index (χ3n) is 2.83. The van der Waals surface area contributed by atoms with E-state index in [9.17, 15) is 8.42 Å². The summed E-state index contributed by atoms with van der Waals surface area (Å²) in [6, 6.07) is 11.5. The third kappa shape index (κ3) is 4.53. The number of benzene rings is 2. The minimum absolute atomic E-state index is 0.293. The van der Waals surface area contributed by atoms with Crippen molar-refractivity contribution in [1.29, 1.82) is 0 Å². The maximum absolute atomic E-state index is 12.2. The van der Waals surface area contributed by atoms with Gasteiger partial charge >= 0.3 is 0 Å². The molecule has 0 aromatic heterocycles. The van der Waals surface area contributed by atoms with Crippen molar-refractivity contribution in [1.82, 2.24) is 0 Å². The third-order valence-corrected chi connectivity index (χ3v) is 4.76. The van der Waals surface area contributed by atoms with E-state index in [2.05, 4.69) is 4.72 Å². The number of rotatable bonds is 6. The molecule has 2 aromatic rings. The first-order valence-electron chi connectivity index (χ1n) is 6.57. The molecule has 0 amide bonds. The zero-order chi connectivity index (χ0) is 16.2. The molecule has 0 aliphatic heterocycles. The van der Waals surface area contributed by atoms with Crippen LogP contribution in [0.5, 0.6) is 5.75 Å². The molecule has 22 heavy (non-hydrogen) atoms. The van der Waals surface area contributed by atoms with Gasteiger partial charge < -0.3 is 4.74 Å². The monoisotopic (exact) mass is 359 g/mol. The second-order valence-corrected chi connectivity index (χ2v) is 7.06. The first-order chi connectivity index (χ1) is 10.4. The van der Waals surface area contributed by atoms with Crippen molar-refractivity contribution in [2.24, 2.45) is 0 Å². The Kier molecular flexibility index (Phi) is 5.56. The minimum Gasteiger partial charge on any atom is -0.494 e. The summed E-state index contributed by atoms with van der Waals surface area (Å²) >= 11 is 12.0. The summed E-state index contributed by atoms with van der Waals surface area (Å²) in [5, 5.41) is 0.647. The Morgan fingerprint density at radius 3 is 2.18 bits per heavy atom. The molecule has 0 spiro atoms. The van der Waals surface area contributed by atoms with E-state index in [0.29, 0.717) is 33.7 Å². The molecule has 0 saturated carbocycles. The number of anilines is 1. The molecule has 1 N–H and O–H groups in total. The predicted molar refractivity (Wildman–Crippen MR) is 90.3 cm³/mol. The van der Waals surface area contributed by atoms with Crippen molar-refractivity contribution in [3.63, 3.8) is 0 Å². The van der Waals surface area contributed by atoms with Crippen molar-refractivity contribution < 1.29 is 13.2 Å². The quantitative estimate of drug-likeness (QED) is 0.834. The number of sulfonamides is 1. The number of ether oxygens (including phenoxy) is 1. The molecule has 118 valence electrons. The molecular formula is C15H15Cl2NO3S. The summed E-state index contributed by atoms with van der Waals surface area (Å²) in [6.07, 6.45) is 0. The minimum atomic E-state index is -3.62. The van der Waals surface area contributed by atoms with Crippen LogP contribution in [0, 0.1) is 0 Å². The van der Waals surface area contributed by atoms with Gasteiger partial charge in [-0.05, 0) is 43.3 Å². The van der Waals surface area contributed by atoms with E-state index in [1.54, 1.807) is 42.5 Å². The van der Waals surface area contributed by atoms with Gasteiger partial charge in [-0.3, -0.25) is 4.72 Å². The molecule has 0 unspecified atom stereocenters. The van der Waals surface area contributed by atoms with Gasteiger partial charge in [0.2, 0.25) is 10.0 Å². The molecule has 0 fully saturated rings. The van der Waals surface area contributed by atoms with E-state index < -0.39 is 10.0 Å². The van der Waals surface area contributed by atoms with Crippen LogP contribution >= 0.6 is 23.2 Å².